The van der Waals surface area contributed by atoms with Crippen LogP contribution in [0.1, 0.15) is 34.1 Å². The van der Waals surface area contributed by atoms with Gasteiger partial charge in [-0.1, -0.05) is 12.5 Å². The zero-order valence-corrected chi connectivity index (χ0v) is 7.65. The number of rotatable bonds is 2. The molecule has 0 amide bonds. The van der Waals surface area contributed by atoms with Crippen LogP contribution in [0.25, 0.3) is 0 Å². The molecule has 0 aliphatic rings. The highest BCUT2D eigenvalue weighted by atomic mass is 14.7. The van der Waals surface area contributed by atoms with Crippen LogP contribution in [0.15, 0.2) is 16.1 Å². The molecule has 58 valence electrons. The molecule has 0 bridgehead atoms. The van der Waals surface area contributed by atoms with Crippen molar-refractivity contribution in [3.63, 3.8) is 0 Å². The van der Waals surface area contributed by atoms with Gasteiger partial charge in [-0.15, -0.1) is 0 Å². The fraction of sp³-hybridized carbons (Fsp3) is 0.667. The van der Waals surface area contributed by atoms with Gasteiger partial charge in [0.15, 0.2) is 0 Å². The lowest BCUT2D eigenvalue weighted by atomic mass is 10.1. The van der Waals surface area contributed by atoms with Crippen LogP contribution in [0.5, 0.6) is 0 Å². The maximum atomic E-state index is 4.12. The molecule has 10 heavy (non-hydrogen) atoms. The van der Waals surface area contributed by atoms with E-state index in [0.717, 1.165) is 12.1 Å². The lowest BCUT2D eigenvalue weighted by Crippen LogP contribution is -1.95. The van der Waals surface area contributed by atoms with E-state index in [9.17, 15) is 0 Å². The van der Waals surface area contributed by atoms with Crippen molar-refractivity contribution in [3.05, 3.63) is 11.1 Å². The minimum Gasteiger partial charge on any atom is -0.293 e. The largest absolute Gasteiger partial charge is 0.293 e. The molecule has 0 saturated heterocycles. The van der Waals surface area contributed by atoms with E-state index in [1.165, 1.54) is 11.1 Å². The summed E-state index contributed by atoms with van der Waals surface area (Å²) in [4.78, 5) is 4.12. The first-order chi connectivity index (χ1) is 4.63. The number of aliphatic imine (C=N–C) groups is 1. The van der Waals surface area contributed by atoms with Gasteiger partial charge in [0, 0.05) is 12.8 Å². The van der Waals surface area contributed by atoms with E-state index in [4.69, 9.17) is 0 Å². The molecule has 0 saturated carbocycles. The number of hydrogen-bond donors (Lipinski definition) is 0. The topological polar surface area (TPSA) is 12.4 Å². The van der Waals surface area contributed by atoms with Gasteiger partial charge in [0.25, 0.3) is 0 Å². The van der Waals surface area contributed by atoms with E-state index in [1.807, 2.05) is 7.05 Å². The second-order valence-corrected chi connectivity index (χ2v) is 2.57. The van der Waals surface area contributed by atoms with Crippen molar-refractivity contribution >= 4 is 5.71 Å². The molecular weight excluding hydrogens is 122 g/mol. The molecule has 0 radical (unpaired) electrons. The number of nitrogens with zero attached hydrogens (tertiary/aromatic N) is 1. The Hall–Kier alpha value is -0.590. The lowest BCUT2D eigenvalue weighted by Gasteiger charge is -2.03. The molecule has 0 unspecified atom stereocenters. The highest BCUT2D eigenvalue weighted by Crippen LogP contribution is 2.08. The Morgan fingerprint density at radius 2 is 1.70 bits per heavy atom. The number of hydrogen-bond acceptors (Lipinski definition) is 1. The third-order valence-electron chi connectivity index (χ3n) is 2.05. The van der Waals surface area contributed by atoms with Crippen molar-refractivity contribution in [2.75, 3.05) is 7.05 Å². The van der Waals surface area contributed by atoms with E-state index < -0.39 is 0 Å². The first-order valence-electron chi connectivity index (χ1n) is 3.73. The Labute approximate surface area is 63.9 Å². The molecule has 0 aliphatic carbocycles. The minimum absolute atomic E-state index is 1.12. The van der Waals surface area contributed by atoms with Gasteiger partial charge in [-0.05, 0) is 32.8 Å². The fourth-order valence-corrected chi connectivity index (χ4v) is 0.742. The van der Waals surface area contributed by atoms with Gasteiger partial charge in [-0.25, -0.2) is 0 Å². The molecule has 1 heteroatoms. The van der Waals surface area contributed by atoms with Crippen LogP contribution in [-0.4, -0.2) is 12.8 Å². The predicted molar refractivity (Wildman–Crippen MR) is 47.7 cm³/mol. The third-order valence-corrected chi connectivity index (χ3v) is 2.05. The van der Waals surface area contributed by atoms with E-state index >= 15 is 0 Å². The molecule has 0 heterocycles. The summed E-state index contributed by atoms with van der Waals surface area (Å²) in [6.45, 7) is 8.50. The molecule has 0 aromatic carbocycles. The Morgan fingerprint density at radius 1 is 1.20 bits per heavy atom. The zero-order valence-electron chi connectivity index (χ0n) is 7.65. The van der Waals surface area contributed by atoms with Crippen molar-refractivity contribution in [3.8, 4) is 0 Å². The van der Waals surface area contributed by atoms with Crippen LogP contribution in [0.2, 0.25) is 0 Å². The van der Waals surface area contributed by atoms with Gasteiger partial charge < -0.3 is 0 Å². The maximum absolute atomic E-state index is 4.12. The quantitative estimate of drug-likeness (QED) is 0.522. The SMILES string of the molecule is CC/C(C)=C(C)/C(C)=N/C. The van der Waals surface area contributed by atoms with Crippen LogP contribution < -0.4 is 0 Å². The summed E-state index contributed by atoms with van der Waals surface area (Å²) in [7, 11) is 1.84. The average Bonchev–Trinajstić information content (AvgIpc) is 2.00. The summed E-state index contributed by atoms with van der Waals surface area (Å²) in [6.07, 6.45) is 1.12. The Morgan fingerprint density at radius 3 is 2.00 bits per heavy atom. The normalized spacial score (nSPS) is 15.1. The van der Waals surface area contributed by atoms with E-state index in [1.54, 1.807) is 0 Å². The fourth-order valence-electron chi connectivity index (χ4n) is 0.742. The summed E-state index contributed by atoms with van der Waals surface area (Å²) in [5.41, 5.74) is 3.92. The van der Waals surface area contributed by atoms with E-state index in [0.29, 0.717) is 0 Å². The van der Waals surface area contributed by atoms with E-state index in [-0.39, 0.29) is 0 Å². The van der Waals surface area contributed by atoms with Crippen molar-refractivity contribution < 1.29 is 0 Å². The Bertz CT molecular complexity index is 164. The minimum atomic E-state index is 1.12. The van der Waals surface area contributed by atoms with Crippen LogP contribution in [0.3, 0.4) is 0 Å². The van der Waals surface area contributed by atoms with Crippen molar-refractivity contribution in [1.29, 1.82) is 0 Å². The van der Waals surface area contributed by atoms with Crippen molar-refractivity contribution in [2.45, 2.75) is 34.1 Å². The lowest BCUT2D eigenvalue weighted by molar-refractivity contribution is 1.07. The Kier molecular flexibility index (Phi) is 4.01. The zero-order chi connectivity index (χ0) is 8.15. The summed E-state index contributed by atoms with van der Waals surface area (Å²) >= 11 is 0. The molecule has 0 aromatic heterocycles. The molecule has 0 fully saturated rings. The van der Waals surface area contributed by atoms with Crippen LogP contribution in [-0.2, 0) is 0 Å². The third kappa shape index (κ3) is 2.34. The summed E-state index contributed by atoms with van der Waals surface area (Å²) in [5.74, 6) is 0. The first-order valence-corrected chi connectivity index (χ1v) is 3.73. The predicted octanol–water partition coefficient (Wildman–Crippen LogP) is 2.82. The highest BCUT2D eigenvalue weighted by molar-refractivity contribution is 5.98. The maximum Gasteiger partial charge on any atom is 0.0342 e. The molecule has 0 N–H and O–H groups in total. The molecule has 0 rings (SSSR count). The summed E-state index contributed by atoms with van der Waals surface area (Å²) < 4.78 is 0. The monoisotopic (exact) mass is 139 g/mol. The van der Waals surface area contributed by atoms with Crippen LogP contribution >= 0.6 is 0 Å². The number of allylic oxidation sites excluding steroid dienone is 2. The average molecular weight is 139 g/mol. The smallest absolute Gasteiger partial charge is 0.0342 e. The molecule has 0 aromatic rings. The standard InChI is InChI=1S/C9H17N/c1-6-7(2)8(3)9(4)10-5/h6H2,1-5H3/b8-7+,10-9+. The van der Waals surface area contributed by atoms with Crippen LogP contribution in [0.4, 0.5) is 0 Å². The molecule has 0 spiro atoms. The van der Waals surface area contributed by atoms with Gasteiger partial charge >= 0.3 is 0 Å². The van der Waals surface area contributed by atoms with Gasteiger partial charge in [-0.3, -0.25) is 4.99 Å². The molecule has 0 aliphatic heterocycles. The highest BCUT2D eigenvalue weighted by Gasteiger charge is 1.96. The molecule has 1 nitrogen and oxygen atoms in total. The van der Waals surface area contributed by atoms with Crippen LogP contribution in [0, 0.1) is 0 Å². The van der Waals surface area contributed by atoms with Crippen molar-refractivity contribution in [2.24, 2.45) is 4.99 Å². The molecular formula is C9H17N. The molecule has 0 atom stereocenters. The van der Waals surface area contributed by atoms with Crippen molar-refractivity contribution in [1.82, 2.24) is 0 Å². The first kappa shape index (κ1) is 9.41. The second-order valence-electron chi connectivity index (χ2n) is 2.57. The van der Waals surface area contributed by atoms with E-state index in [2.05, 4.69) is 32.7 Å². The Balaban J connectivity index is 4.46. The van der Waals surface area contributed by atoms with Gasteiger partial charge in [0.05, 0.1) is 0 Å². The van der Waals surface area contributed by atoms with Gasteiger partial charge in [0.1, 0.15) is 0 Å². The van der Waals surface area contributed by atoms with Gasteiger partial charge in [0.2, 0.25) is 0 Å². The summed E-state index contributed by atoms with van der Waals surface area (Å²) in [5, 5.41) is 0. The second kappa shape index (κ2) is 4.26. The van der Waals surface area contributed by atoms with Gasteiger partial charge in [-0.2, -0.15) is 0 Å². The summed E-state index contributed by atoms with van der Waals surface area (Å²) in [6, 6.07) is 0.